The Morgan fingerprint density at radius 3 is 1.03 bits per heavy atom. The number of aliphatic hydroxyl groups is 11. The van der Waals surface area contributed by atoms with Crippen LogP contribution in [-0.4, -0.2) is 193 Å². The van der Waals surface area contributed by atoms with Crippen molar-refractivity contribution >= 4 is 5.91 Å². The molecule has 17 unspecified atom stereocenters. The number of carbonyl (C=O) groups excluding carboxylic acids is 1. The minimum Gasteiger partial charge on any atom is -0.394 e. The van der Waals surface area contributed by atoms with Crippen molar-refractivity contribution in [2.75, 3.05) is 26.4 Å². The molecular formula is C86H141NO18. The number of rotatable bonds is 61. The lowest BCUT2D eigenvalue weighted by Crippen LogP contribution is -2.66. The fraction of sp³-hybridized carbons (Fsp3) is 0.686. The Labute approximate surface area is 631 Å². The van der Waals surface area contributed by atoms with E-state index >= 15 is 0 Å². The molecule has 0 aromatic carbocycles. The maximum absolute atomic E-state index is 13.5. The number of allylic oxidation sites excluding steroid dienone is 25. The zero-order valence-electron chi connectivity index (χ0n) is 63.9. The van der Waals surface area contributed by atoms with Gasteiger partial charge in [0.05, 0.1) is 38.6 Å². The quantitative estimate of drug-likeness (QED) is 0.0199. The average molecular weight is 1480 g/mol. The number of hydrogen-bond donors (Lipinski definition) is 12. The summed E-state index contributed by atoms with van der Waals surface area (Å²) in [6.07, 6.45) is 67.9. The largest absolute Gasteiger partial charge is 0.394 e. The number of aliphatic hydroxyl groups excluding tert-OH is 11. The Bertz CT molecular complexity index is 2520. The molecule has 0 aromatic rings. The molecule has 3 rings (SSSR count). The van der Waals surface area contributed by atoms with Gasteiger partial charge >= 0.3 is 0 Å². The molecule has 0 aliphatic carbocycles. The van der Waals surface area contributed by atoms with Gasteiger partial charge in [0.1, 0.15) is 73.2 Å². The van der Waals surface area contributed by atoms with Crippen molar-refractivity contribution in [2.24, 2.45) is 0 Å². The minimum absolute atomic E-state index is 0.203. The molecule has 105 heavy (non-hydrogen) atoms. The van der Waals surface area contributed by atoms with Crippen LogP contribution in [0.15, 0.2) is 158 Å². The van der Waals surface area contributed by atoms with Crippen molar-refractivity contribution in [3.8, 4) is 0 Å². The number of hydrogen-bond acceptors (Lipinski definition) is 18. The maximum atomic E-state index is 13.5. The normalized spacial score (nSPS) is 26.7. The Hall–Kier alpha value is -4.59. The first kappa shape index (κ1) is 94.6. The third kappa shape index (κ3) is 44.0. The predicted molar refractivity (Wildman–Crippen MR) is 419 cm³/mol. The van der Waals surface area contributed by atoms with Crippen molar-refractivity contribution < 1.29 is 89.4 Å². The van der Waals surface area contributed by atoms with Crippen molar-refractivity contribution in [3.05, 3.63) is 158 Å². The van der Waals surface area contributed by atoms with E-state index in [-0.39, 0.29) is 18.9 Å². The van der Waals surface area contributed by atoms with Crippen LogP contribution in [0.3, 0.4) is 0 Å². The molecule has 3 heterocycles. The Kier molecular flexibility index (Phi) is 57.9. The van der Waals surface area contributed by atoms with Crippen LogP contribution < -0.4 is 5.32 Å². The van der Waals surface area contributed by atoms with Gasteiger partial charge in [-0.25, -0.2) is 0 Å². The molecule has 3 aliphatic heterocycles. The first-order chi connectivity index (χ1) is 51.3. The van der Waals surface area contributed by atoms with Gasteiger partial charge in [-0.2, -0.15) is 0 Å². The molecule has 19 heteroatoms. The summed E-state index contributed by atoms with van der Waals surface area (Å²) in [5.74, 6) is -0.305. The fourth-order valence-corrected chi connectivity index (χ4v) is 12.4. The average Bonchev–Trinajstić information content (AvgIpc) is 0.781. The summed E-state index contributed by atoms with van der Waals surface area (Å²) >= 11 is 0. The monoisotopic (exact) mass is 1480 g/mol. The second kappa shape index (κ2) is 64.3. The zero-order valence-corrected chi connectivity index (χ0v) is 63.9. The third-order valence-corrected chi connectivity index (χ3v) is 18.8. The highest BCUT2D eigenvalue weighted by Gasteiger charge is 2.54. The molecule has 3 saturated heterocycles. The van der Waals surface area contributed by atoms with Gasteiger partial charge < -0.3 is 89.9 Å². The van der Waals surface area contributed by atoms with Crippen LogP contribution in [-0.2, 0) is 33.2 Å². The van der Waals surface area contributed by atoms with E-state index in [0.717, 1.165) is 128 Å². The smallest absolute Gasteiger partial charge is 0.220 e. The molecule has 3 fully saturated rings. The van der Waals surface area contributed by atoms with E-state index in [0.29, 0.717) is 6.42 Å². The second-order valence-corrected chi connectivity index (χ2v) is 27.8. The van der Waals surface area contributed by atoms with Crippen molar-refractivity contribution in [1.82, 2.24) is 5.32 Å². The summed E-state index contributed by atoms with van der Waals surface area (Å²) < 4.78 is 34.4. The van der Waals surface area contributed by atoms with E-state index < -0.39 is 124 Å². The standard InChI is InChI=1S/C86H141NO18/c1-3-5-7-9-11-13-15-17-19-21-23-24-25-26-27-28-29-30-31-32-33-34-35-36-37-38-39-40-41-42-43-44-46-48-50-52-54-56-58-60-62-64-74(92)87-69(70(91)63-61-59-57-55-53-51-49-47-45-22-20-18-16-14-12-10-8-6-4-2)68-100-84-80(98)77(95)82(72(66-89)102-84)105-86-81(99)78(96)83(73(67-90)103-86)104-85-79(97)76(94)75(93)71(65-88)101-85/h5,7,11,13,17,19,23-24,26-27,29-30,32-33,35-36,38-39,41-42,44,46,50,52,61,63,69-73,75-86,88-91,93-99H,3-4,6,8-10,12,14-16,18,20-22,25,28,31,34,37,40,43,45,47-49,51,53-60,62,64-68H2,1-2H3,(H,87,92)/b7-5-,13-11-,19-17-,24-23-,27-26-,30-29-,33-32-,36-35-,39-38-,42-41-,46-44-,52-50-,63-61+. The van der Waals surface area contributed by atoms with Gasteiger partial charge in [-0.05, 0) is 109 Å². The van der Waals surface area contributed by atoms with E-state index in [2.05, 4.69) is 165 Å². The van der Waals surface area contributed by atoms with E-state index in [1.54, 1.807) is 6.08 Å². The second-order valence-electron chi connectivity index (χ2n) is 27.8. The Morgan fingerprint density at radius 1 is 0.352 bits per heavy atom. The van der Waals surface area contributed by atoms with Gasteiger partial charge in [0.2, 0.25) is 5.91 Å². The lowest BCUT2D eigenvalue weighted by atomic mass is 9.96. The molecule has 3 aliphatic rings. The van der Waals surface area contributed by atoms with Crippen LogP contribution in [0.2, 0.25) is 0 Å². The maximum Gasteiger partial charge on any atom is 0.220 e. The number of amides is 1. The SMILES string of the molecule is CC/C=C\C/C=C\C/C=C\C/C=C\C/C=C\C/C=C\C/C=C\C/C=C\C/C=C\C/C=C\C/C=C\C/C=C\CCCCCCC(=O)NC(COC1OC(CO)C(OC2OC(CO)C(OC3OC(CO)C(O)C(O)C3O)C(O)C2O)C(O)C1O)C(O)/C=C/CCCCCCCCCCCCCCCCCCC. The molecule has 0 bridgehead atoms. The molecular weight excluding hydrogens is 1330 g/mol. The molecule has 0 aromatic heterocycles. The van der Waals surface area contributed by atoms with Crippen LogP contribution in [0.1, 0.15) is 245 Å². The van der Waals surface area contributed by atoms with E-state index in [9.17, 15) is 61.0 Å². The van der Waals surface area contributed by atoms with Gasteiger partial charge in [0.15, 0.2) is 18.9 Å². The Balaban J connectivity index is 1.37. The van der Waals surface area contributed by atoms with Gasteiger partial charge in [-0.3, -0.25) is 4.79 Å². The summed E-state index contributed by atoms with van der Waals surface area (Å²) in [7, 11) is 0. The van der Waals surface area contributed by atoms with Crippen LogP contribution >= 0.6 is 0 Å². The molecule has 0 spiro atoms. The Morgan fingerprint density at radius 2 is 0.657 bits per heavy atom. The van der Waals surface area contributed by atoms with Crippen molar-refractivity contribution in [1.29, 1.82) is 0 Å². The van der Waals surface area contributed by atoms with E-state index in [4.69, 9.17) is 28.4 Å². The molecule has 17 atom stereocenters. The summed E-state index contributed by atoms with van der Waals surface area (Å²) in [6, 6.07) is -1.000. The summed E-state index contributed by atoms with van der Waals surface area (Å²) in [5, 5.41) is 121. The van der Waals surface area contributed by atoms with Crippen LogP contribution in [0.25, 0.3) is 0 Å². The molecule has 598 valence electrons. The van der Waals surface area contributed by atoms with Crippen molar-refractivity contribution in [3.63, 3.8) is 0 Å². The van der Waals surface area contributed by atoms with Crippen LogP contribution in [0.4, 0.5) is 0 Å². The first-order valence-corrected chi connectivity index (χ1v) is 40.2. The number of unbranched alkanes of at least 4 members (excludes halogenated alkanes) is 21. The van der Waals surface area contributed by atoms with Crippen molar-refractivity contribution in [2.45, 2.75) is 349 Å². The number of nitrogens with one attached hydrogen (secondary N) is 1. The summed E-state index contributed by atoms with van der Waals surface area (Å²) in [4.78, 5) is 13.5. The van der Waals surface area contributed by atoms with Gasteiger partial charge in [0.25, 0.3) is 0 Å². The fourth-order valence-electron chi connectivity index (χ4n) is 12.4. The van der Waals surface area contributed by atoms with E-state index in [1.807, 2.05) is 6.08 Å². The first-order valence-electron chi connectivity index (χ1n) is 40.2. The van der Waals surface area contributed by atoms with Gasteiger partial charge in [-0.15, -0.1) is 0 Å². The lowest BCUT2D eigenvalue weighted by Gasteiger charge is -2.48. The van der Waals surface area contributed by atoms with E-state index in [1.165, 1.54) is 89.9 Å². The topological polar surface area (TPSA) is 307 Å². The van der Waals surface area contributed by atoms with Crippen LogP contribution in [0, 0.1) is 0 Å². The van der Waals surface area contributed by atoms with Gasteiger partial charge in [-0.1, -0.05) is 287 Å². The number of carbonyl (C=O) groups is 1. The minimum atomic E-state index is -1.99. The summed E-state index contributed by atoms with van der Waals surface area (Å²) in [5.41, 5.74) is 0. The number of ether oxygens (including phenoxy) is 6. The lowest BCUT2D eigenvalue weighted by molar-refractivity contribution is -0.379. The summed E-state index contributed by atoms with van der Waals surface area (Å²) in [6.45, 7) is 1.60. The highest BCUT2D eigenvalue weighted by molar-refractivity contribution is 5.76. The molecule has 0 saturated carbocycles. The molecule has 1 amide bonds. The highest BCUT2D eigenvalue weighted by atomic mass is 16.8. The third-order valence-electron chi connectivity index (χ3n) is 18.8. The molecule has 12 N–H and O–H groups in total. The molecule has 0 radical (unpaired) electrons. The van der Waals surface area contributed by atoms with Crippen LogP contribution in [0.5, 0.6) is 0 Å². The predicted octanol–water partition coefficient (Wildman–Crippen LogP) is 13.6. The molecule has 19 nitrogen and oxygen atoms in total. The zero-order chi connectivity index (χ0) is 76.0. The highest BCUT2D eigenvalue weighted by Crippen LogP contribution is 2.33. The van der Waals surface area contributed by atoms with Gasteiger partial charge in [0, 0.05) is 6.42 Å².